The van der Waals surface area contributed by atoms with Gasteiger partial charge >= 0.3 is 5.97 Å². The molecule has 0 bridgehead atoms. The molecule has 3 rings (SSSR count). The van der Waals surface area contributed by atoms with E-state index in [4.69, 9.17) is 19.0 Å². The molecule has 3 aromatic rings. The molecule has 0 saturated heterocycles. The maximum atomic E-state index is 11.0. The second-order valence-corrected chi connectivity index (χ2v) is 5.93. The normalized spacial score (nSPS) is 10.6. The van der Waals surface area contributed by atoms with Crippen LogP contribution in [0.4, 0.5) is 0 Å². The fourth-order valence-corrected chi connectivity index (χ4v) is 3.09. The molecule has 130 valence electrons. The van der Waals surface area contributed by atoms with Crippen molar-refractivity contribution in [2.75, 3.05) is 13.2 Å². The van der Waals surface area contributed by atoms with Crippen molar-refractivity contribution >= 4 is 17.3 Å². The Morgan fingerprint density at radius 2 is 1.96 bits per heavy atom. The molecule has 6 nitrogen and oxygen atoms in total. The first-order valence-electron chi connectivity index (χ1n) is 7.80. The third kappa shape index (κ3) is 3.66. The summed E-state index contributed by atoms with van der Waals surface area (Å²) in [7, 11) is 0. The van der Waals surface area contributed by atoms with E-state index in [1.165, 1.54) is 23.7 Å². The molecule has 0 unspecified atom stereocenters. The van der Waals surface area contributed by atoms with Gasteiger partial charge in [0.25, 0.3) is 0 Å². The van der Waals surface area contributed by atoms with Crippen LogP contribution in [-0.4, -0.2) is 29.3 Å². The highest BCUT2D eigenvalue weighted by Gasteiger charge is 2.15. The van der Waals surface area contributed by atoms with Gasteiger partial charge in [0.1, 0.15) is 17.0 Å². The van der Waals surface area contributed by atoms with Crippen LogP contribution in [0.1, 0.15) is 24.2 Å². The van der Waals surface area contributed by atoms with Gasteiger partial charge in [0.05, 0.1) is 18.8 Å². The number of benzene rings is 1. The molecule has 0 atom stereocenters. The topological polar surface area (TPSA) is 81.8 Å². The summed E-state index contributed by atoms with van der Waals surface area (Å²) in [6, 6.07) is 7.13. The summed E-state index contributed by atoms with van der Waals surface area (Å²) in [5.74, 6) is 0.765. The lowest BCUT2D eigenvalue weighted by Gasteiger charge is -2.11. The quantitative estimate of drug-likeness (QED) is 0.666. The number of thiazole rings is 1. The second-order valence-electron chi connectivity index (χ2n) is 5.07. The van der Waals surface area contributed by atoms with Crippen molar-refractivity contribution in [3.8, 4) is 33.5 Å². The van der Waals surface area contributed by atoms with Gasteiger partial charge in [-0.1, -0.05) is 0 Å². The molecule has 0 aliphatic rings. The minimum Gasteiger partial charge on any atom is -0.490 e. The van der Waals surface area contributed by atoms with E-state index in [1.807, 2.05) is 37.4 Å². The number of carboxylic acid groups (broad SMARTS) is 1. The molecular formula is C18H17NO5S. The van der Waals surface area contributed by atoms with Crippen molar-refractivity contribution in [1.29, 1.82) is 0 Å². The minimum absolute atomic E-state index is 0.101. The summed E-state index contributed by atoms with van der Waals surface area (Å²) in [5, 5.41) is 11.6. The van der Waals surface area contributed by atoms with Crippen molar-refractivity contribution in [3.63, 3.8) is 0 Å². The monoisotopic (exact) mass is 359 g/mol. The molecule has 0 radical (unpaired) electrons. The van der Waals surface area contributed by atoms with E-state index in [-0.39, 0.29) is 5.56 Å². The van der Waals surface area contributed by atoms with E-state index in [0.29, 0.717) is 36.2 Å². The third-order valence-corrected chi connectivity index (χ3v) is 4.28. The first kappa shape index (κ1) is 17.0. The fourth-order valence-electron chi connectivity index (χ4n) is 2.29. The molecule has 2 aromatic heterocycles. The van der Waals surface area contributed by atoms with Crippen LogP contribution in [0.15, 0.2) is 40.3 Å². The van der Waals surface area contributed by atoms with E-state index >= 15 is 0 Å². The summed E-state index contributed by atoms with van der Waals surface area (Å²) in [4.78, 5) is 15.5. The number of aromatic nitrogens is 1. The van der Waals surface area contributed by atoms with Crippen LogP contribution in [-0.2, 0) is 0 Å². The number of hydrogen-bond donors (Lipinski definition) is 1. The van der Waals surface area contributed by atoms with E-state index in [9.17, 15) is 4.79 Å². The Balaban J connectivity index is 1.90. The number of nitrogens with zero attached hydrogens (tertiary/aromatic N) is 1. The average molecular weight is 359 g/mol. The number of furan rings is 1. The molecule has 0 amide bonds. The molecule has 1 aromatic carbocycles. The predicted octanol–water partition coefficient (Wildman–Crippen LogP) is 4.57. The largest absolute Gasteiger partial charge is 0.490 e. The van der Waals surface area contributed by atoms with Crippen LogP contribution in [0.25, 0.3) is 22.0 Å². The highest BCUT2D eigenvalue weighted by atomic mass is 32.1. The van der Waals surface area contributed by atoms with E-state index in [0.717, 1.165) is 10.6 Å². The number of hydrogen-bond acceptors (Lipinski definition) is 6. The van der Waals surface area contributed by atoms with Crippen molar-refractivity contribution < 1.29 is 23.8 Å². The van der Waals surface area contributed by atoms with Gasteiger partial charge in [0.2, 0.25) is 0 Å². The van der Waals surface area contributed by atoms with Crippen molar-refractivity contribution in [2.24, 2.45) is 0 Å². The van der Waals surface area contributed by atoms with Gasteiger partial charge in [-0.15, -0.1) is 11.3 Å². The average Bonchev–Trinajstić information content (AvgIpc) is 3.26. The first-order chi connectivity index (χ1) is 12.1. The lowest BCUT2D eigenvalue weighted by Crippen LogP contribution is -1.98. The van der Waals surface area contributed by atoms with Crippen molar-refractivity contribution in [1.82, 2.24) is 4.98 Å². The highest BCUT2D eigenvalue weighted by Crippen LogP contribution is 2.35. The van der Waals surface area contributed by atoms with Gasteiger partial charge < -0.3 is 19.0 Å². The third-order valence-electron chi connectivity index (χ3n) is 3.39. The second kappa shape index (κ2) is 7.40. The number of aromatic carboxylic acids is 1. The summed E-state index contributed by atoms with van der Waals surface area (Å²) >= 11 is 1.45. The SMILES string of the molecule is CCOc1ccc(-c2nc(-c3cc(C(=O)O)co3)cs2)cc1OCC. The minimum atomic E-state index is -1.03. The summed E-state index contributed by atoms with van der Waals surface area (Å²) < 4.78 is 16.5. The van der Waals surface area contributed by atoms with Crippen LogP contribution < -0.4 is 9.47 Å². The zero-order valence-corrected chi connectivity index (χ0v) is 14.6. The number of rotatable bonds is 7. The first-order valence-corrected chi connectivity index (χ1v) is 8.68. The lowest BCUT2D eigenvalue weighted by atomic mass is 10.2. The van der Waals surface area contributed by atoms with E-state index in [1.54, 1.807) is 0 Å². The Labute approximate surface area is 148 Å². The zero-order valence-electron chi connectivity index (χ0n) is 13.8. The van der Waals surface area contributed by atoms with Crippen LogP contribution in [0.3, 0.4) is 0 Å². The Bertz CT molecular complexity index is 883. The van der Waals surface area contributed by atoms with Gasteiger partial charge in [-0.2, -0.15) is 0 Å². The molecule has 0 aliphatic heterocycles. The fraction of sp³-hybridized carbons (Fsp3) is 0.222. The van der Waals surface area contributed by atoms with Crippen LogP contribution in [0, 0.1) is 0 Å². The maximum absolute atomic E-state index is 11.0. The van der Waals surface area contributed by atoms with Crippen LogP contribution >= 0.6 is 11.3 Å². The smallest absolute Gasteiger partial charge is 0.338 e. The summed E-state index contributed by atoms with van der Waals surface area (Å²) in [5.41, 5.74) is 1.59. The highest BCUT2D eigenvalue weighted by molar-refractivity contribution is 7.13. The van der Waals surface area contributed by atoms with Crippen molar-refractivity contribution in [3.05, 3.63) is 41.5 Å². The van der Waals surface area contributed by atoms with Gasteiger partial charge in [0.15, 0.2) is 17.3 Å². The zero-order chi connectivity index (χ0) is 17.8. The molecule has 2 heterocycles. The van der Waals surface area contributed by atoms with Gasteiger partial charge in [-0.25, -0.2) is 9.78 Å². The summed E-state index contributed by atoms with van der Waals surface area (Å²) in [6.07, 6.45) is 1.21. The standard InChI is InChI=1S/C18H17NO5S/c1-3-22-14-6-5-11(7-16(14)23-4-2)17-19-13(10-25-17)15-8-12(9-24-15)18(20)21/h5-10H,3-4H2,1-2H3,(H,20,21). The van der Waals surface area contributed by atoms with Crippen LogP contribution in [0.2, 0.25) is 0 Å². The molecule has 7 heteroatoms. The van der Waals surface area contributed by atoms with Gasteiger partial charge in [-0.3, -0.25) is 0 Å². The molecule has 25 heavy (non-hydrogen) atoms. The van der Waals surface area contributed by atoms with Gasteiger partial charge in [-0.05, 0) is 32.0 Å². The van der Waals surface area contributed by atoms with E-state index in [2.05, 4.69) is 4.98 Å². The number of carboxylic acids is 1. The molecule has 0 aliphatic carbocycles. The maximum Gasteiger partial charge on any atom is 0.338 e. The predicted molar refractivity (Wildman–Crippen MR) is 94.5 cm³/mol. The molecule has 0 spiro atoms. The summed E-state index contributed by atoms with van der Waals surface area (Å²) in [6.45, 7) is 4.94. The lowest BCUT2D eigenvalue weighted by molar-refractivity contribution is 0.0696. The Kier molecular flexibility index (Phi) is 5.04. The van der Waals surface area contributed by atoms with Crippen LogP contribution in [0.5, 0.6) is 11.5 Å². The Hall–Kier alpha value is -2.80. The molecule has 0 saturated carbocycles. The number of ether oxygens (including phenoxy) is 2. The number of carbonyl (C=O) groups is 1. The van der Waals surface area contributed by atoms with E-state index < -0.39 is 5.97 Å². The van der Waals surface area contributed by atoms with Gasteiger partial charge in [0, 0.05) is 17.0 Å². The van der Waals surface area contributed by atoms with Crippen molar-refractivity contribution in [2.45, 2.75) is 13.8 Å². The Morgan fingerprint density at radius 1 is 1.20 bits per heavy atom. The Morgan fingerprint density at radius 3 is 2.64 bits per heavy atom. The molecule has 1 N–H and O–H groups in total. The molecule has 0 fully saturated rings. The molecular weight excluding hydrogens is 342 g/mol.